The lowest BCUT2D eigenvalue weighted by atomic mass is 9.94. The van der Waals surface area contributed by atoms with E-state index in [0.717, 1.165) is 44.9 Å². The van der Waals surface area contributed by atoms with Crippen molar-refractivity contribution in [1.29, 1.82) is 0 Å². The highest BCUT2D eigenvalue weighted by Gasteiger charge is 2.35. The van der Waals surface area contributed by atoms with Crippen LogP contribution in [0.3, 0.4) is 0 Å². The molecule has 1 saturated carbocycles. The topological polar surface area (TPSA) is 103 Å². The van der Waals surface area contributed by atoms with E-state index in [4.69, 9.17) is 0 Å². The molecule has 3 fully saturated rings. The number of carbonyl (C=O) groups excluding carboxylic acids is 2. The number of aromatic amines is 1. The maximum Gasteiger partial charge on any atom is 0.270 e. The summed E-state index contributed by atoms with van der Waals surface area (Å²) in [7, 11) is -3.76. The van der Waals surface area contributed by atoms with E-state index in [-0.39, 0.29) is 35.2 Å². The van der Waals surface area contributed by atoms with Crippen LogP contribution in [-0.4, -0.2) is 66.6 Å². The van der Waals surface area contributed by atoms with Gasteiger partial charge >= 0.3 is 0 Å². The van der Waals surface area contributed by atoms with Gasteiger partial charge in [0.15, 0.2) is 0 Å². The third kappa shape index (κ3) is 5.98. The van der Waals surface area contributed by atoms with Crippen molar-refractivity contribution in [2.75, 3.05) is 26.2 Å². The molecule has 1 atom stereocenters. The summed E-state index contributed by atoms with van der Waals surface area (Å²) in [5.41, 5.74) is 0.311. The van der Waals surface area contributed by atoms with Gasteiger partial charge in [0.25, 0.3) is 5.91 Å². The summed E-state index contributed by atoms with van der Waals surface area (Å²) in [6.07, 6.45) is 13.9. The lowest BCUT2D eigenvalue weighted by Gasteiger charge is -2.32. The molecule has 4 rings (SSSR count). The minimum atomic E-state index is -3.76. The van der Waals surface area contributed by atoms with Crippen LogP contribution in [0, 0.1) is 5.92 Å². The van der Waals surface area contributed by atoms with Crippen LogP contribution in [0.5, 0.6) is 0 Å². The lowest BCUT2D eigenvalue weighted by molar-refractivity contribution is -0.126. The number of H-pyrrole nitrogens is 1. The van der Waals surface area contributed by atoms with Crippen molar-refractivity contribution < 1.29 is 18.0 Å². The number of nitrogens with zero attached hydrogens (tertiary/aromatic N) is 2. The number of rotatable bonds is 5. The second-order valence-electron chi connectivity index (χ2n) is 9.85. The molecule has 2 N–H and O–H groups in total. The van der Waals surface area contributed by atoms with Gasteiger partial charge in [-0.3, -0.25) is 9.59 Å². The molecule has 3 heterocycles. The first-order valence-electron chi connectivity index (χ1n) is 12.7. The number of hydrogen-bond donors (Lipinski definition) is 2. The molecule has 0 aromatic carbocycles. The number of aromatic nitrogens is 1. The van der Waals surface area contributed by atoms with Gasteiger partial charge in [0.05, 0.1) is 5.92 Å². The van der Waals surface area contributed by atoms with E-state index in [1.807, 2.05) is 0 Å². The van der Waals surface area contributed by atoms with Crippen LogP contribution >= 0.6 is 0 Å². The zero-order chi connectivity index (χ0) is 23.3. The molecule has 2 saturated heterocycles. The molecule has 1 aliphatic carbocycles. The summed E-state index contributed by atoms with van der Waals surface area (Å²) in [5, 5.41) is 3.21. The van der Waals surface area contributed by atoms with Crippen LogP contribution in [0.15, 0.2) is 17.2 Å². The summed E-state index contributed by atoms with van der Waals surface area (Å²) in [6.45, 7) is 2.02. The normalized spacial score (nSPS) is 24.1. The first-order valence-corrected chi connectivity index (χ1v) is 14.2. The summed E-state index contributed by atoms with van der Waals surface area (Å²) in [4.78, 5) is 30.4. The molecule has 33 heavy (non-hydrogen) atoms. The fourth-order valence-electron chi connectivity index (χ4n) is 5.36. The number of nitrogens with one attached hydrogen (secondary N) is 2. The van der Waals surface area contributed by atoms with Crippen molar-refractivity contribution in [3.05, 3.63) is 18.0 Å². The average Bonchev–Trinajstić information content (AvgIpc) is 3.32. The molecular formula is C24H38N4O4S. The number of likely N-dealkylation sites (tertiary alicyclic amines) is 1. The van der Waals surface area contributed by atoms with Crippen LogP contribution in [0.1, 0.15) is 87.5 Å². The third-order valence-electron chi connectivity index (χ3n) is 7.37. The predicted octanol–water partition coefficient (Wildman–Crippen LogP) is 3.27. The maximum absolute atomic E-state index is 13.3. The number of piperidine rings is 2. The molecular weight excluding hydrogens is 440 g/mol. The van der Waals surface area contributed by atoms with E-state index in [0.29, 0.717) is 38.2 Å². The van der Waals surface area contributed by atoms with Gasteiger partial charge in [-0.05, 0) is 51.0 Å². The second-order valence-corrected chi connectivity index (χ2v) is 11.8. The number of hydrogen-bond acceptors (Lipinski definition) is 4. The summed E-state index contributed by atoms with van der Waals surface area (Å²) in [6, 6.07) is 1.66. The molecule has 1 aromatic heterocycles. The Morgan fingerprint density at radius 3 is 2.27 bits per heavy atom. The van der Waals surface area contributed by atoms with Gasteiger partial charge in [-0.2, -0.15) is 4.31 Å². The largest absolute Gasteiger partial charge is 0.356 e. The molecule has 0 bridgehead atoms. The summed E-state index contributed by atoms with van der Waals surface area (Å²) in [5.74, 6) is -0.492. The fourth-order valence-corrected chi connectivity index (χ4v) is 6.88. The molecule has 1 unspecified atom stereocenters. The van der Waals surface area contributed by atoms with Crippen LogP contribution in [-0.2, 0) is 14.8 Å². The van der Waals surface area contributed by atoms with E-state index in [1.54, 1.807) is 4.90 Å². The minimum Gasteiger partial charge on any atom is -0.356 e. The van der Waals surface area contributed by atoms with E-state index >= 15 is 0 Å². The van der Waals surface area contributed by atoms with E-state index in [1.165, 1.54) is 35.8 Å². The van der Waals surface area contributed by atoms with Gasteiger partial charge in [0.1, 0.15) is 10.6 Å². The third-order valence-corrected chi connectivity index (χ3v) is 9.22. The molecule has 3 aliphatic rings. The van der Waals surface area contributed by atoms with Crippen LogP contribution in [0.2, 0.25) is 0 Å². The molecule has 0 spiro atoms. The van der Waals surface area contributed by atoms with Crippen LogP contribution in [0.25, 0.3) is 0 Å². The Hall–Kier alpha value is -1.87. The smallest absolute Gasteiger partial charge is 0.270 e. The number of sulfonamides is 1. The van der Waals surface area contributed by atoms with E-state index < -0.39 is 10.0 Å². The Kier molecular flexibility index (Phi) is 8.11. The highest BCUT2D eigenvalue weighted by Crippen LogP contribution is 2.26. The molecule has 0 radical (unpaired) electrons. The average molecular weight is 479 g/mol. The zero-order valence-corrected chi connectivity index (χ0v) is 20.4. The molecule has 2 amide bonds. The summed E-state index contributed by atoms with van der Waals surface area (Å²) < 4.78 is 28.0. The highest BCUT2D eigenvalue weighted by atomic mass is 32.2. The Labute approximate surface area is 197 Å². The Morgan fingerprint density at radius 1 is 0.879 bits per heavy atom. The molecule has 9 heteroatoms. The predicted molar refractivity (Wildman–Crippen MR) is 126 cm³/mol. The Balaban J connectivity index is 1.38. The number of amides is 2. The van der Waals surface area contributed by atoms with Crippen molar-refractivity contribution in [3.63, 3.8) is 0 Å². The van der Waals surface area contributed by atoms with E-state index in [2.05, 4.69) is 10.3 Å². The van der Waals surface area contributed by atoms with E-state index in [9.17, 15) is 18.0 Å². The monoisotopic (exact) mass is 478 g/mol. The quantitative estimate of drug-likeness (QED) is 0.678. The van der Waals surface area contributed by atoms with Gasteiger partial charge < -0.3 is 15.2 Å². The lowest BCUT2D eigenvalue weighted by Crippen LogP contribution is -2.47. The van der Waals surface area contributed by atoms with Gasteiger partial charge in [-0.1, -0.05) is 32.1 Å². The highest BCUT2D eigenvalue weighted by molar-refractivity contribution is 7.89. The summed E-state index contributed by atoms with van der Waals surface area (Å²) >= 11 is 0. The van der Waals surface area contributed by atoms with Gasteiger partial charge in [-0.25, -0.2) is 8.42 Å². The molecule has 8 nitrogen and oxygen atoms in total. The van der Waals surface area contributed by atoms with Gasteiger partial charge in [-0.15, -0.1) is 0 Å². The first kappa shape index (κ1) is 24.3. The minimum absolute atomic E-state index is 0.0180. The molecule has 2 aliphatic heterocycles. The second kappa shape index (κ2) is 11.0. The standard InChI is InChI=1S/C24H38N4O4S/c29-23(26-20-11-5-2-1-3-6-12-20)19-10-9-15-28(18-19)33(31,32)21-16-22(25-17-21)24(30)27-13-7-4-8-14-27/h16-17,19-20,25H,1-15,18H2,(H,26,29). The van der Waals surface area contributed by atoms with Crippen molar-refractivity contribution in [2.45, 2.75) is 88.0 Å². The van der Waals surface area contributed by atoms with Gasteiger partial charge in [0.2, 0.25) is 15.9 Å². The maximum atomic E-state index is 13.3. The molecule has 184 valence electrons. The zero-order valence-electron chi connectivity index (χ0n) is 19.6. The Morgan fingerprint density at radius 2 is 1.55 bits per heavy atom. The van der Waals surface area contributed by atoms with Crippen LogP contribution < -0.4 is 5.32 Å². The van der Waals surface area contributed by atoms with Gasteiger partial charge in [0, 0.05) is 38.4 Å². The molecule has 1 aromatic rings. The SMILES string of the molecule is O=C(NC1CCCCCCC1)C1CCCN(S(=O)(=O)c2c[nH]c(C(=O)N3CCCCC3)c2)C1. The first-order chi connectivity index (χ1) is 15.9. The fraction of sp³-hybridized carbons (Fsp3) is 0.750. The van der Waals surface area contributed by atoms with Crippen LogP contribution in [0.4, 0.5) is 0 Å². The van der Waals surface area contributed by atoms with Crippen molar-refractivity contribution >= 4 is 21.8 Å². The Bertz CT molecular complexity index is 915. The van der Waals surface area contributed by atoms with Crippen molar-refractivity contribution in [2.24, 2.45) is 5.92 Å². The van der Waals surface area contributed by atoms with Crippen molar-refractivity contribution in [1.82, 2.24) is 19.5 Å². The van der Waals surface area contributed by atoms with Crippen molar-refractivity contribution in [3.8, 4) is 0 Å². The number of carbonyl (C=O) groups is 2.